The van der Waals surface area contributed by atoms with E-state index in [1.807, 2.05) is 0 Å². The number of fused-ring (bicyclic) bond motifs is 2. The van der Waals surface area contributed by atoms with Gasteiger partial charge >= 0.3 is 18.0 Å². The van der Waals surface area contributed by atoms with E-state index in [2.05, 4.69) is 11.9 Å². The Hall–Kier alpha value is -5.03. The van der Waals surface area contributed by atoms with Crippen LogP contribution < -0.4 is 5.32 Å². The van der Waals surface area contributed by atoms with Crippen molar-refractivity contribution in [3.8, 4) is 0 Å². The molecule has 6 rings (SSSR count). The second kappa shape index (κ2) is 17.9. The quantitative estimate of drug-likeness (QED) is 0.0970. The van der Waals surface area contributed by atoms with Gasteiger partial charge < -0.3 is 28.8 Å². The number of nitrogens with zero attached hydrogens (tertiary/aromatic N) is 2. The molecule has 0 aliphatic carbocycles. The molecule has 18 heteroatoms. The molecule has 3 aromatic carbocycles. The summed E-state index contributed by atoms with van der Waals surface area (Å²) < 4.78 is 46.1. The predicted octanol–water partition coefficient (Wildman–Crippen LogP) is 6.20. The van der Waals surface area contributed by atoms with Crippen molar-refractivity contribution in [2.24, 2.45) is 0 Å². The van der Waals surface area contributed by atoms with Gasteiger partial charge in [0.25, 0.3) is 11.8 Å². The molecule has 0 saturated carbocycles. The van der Waals surface area contributed by atoms with Gasteiger partial charge in [-0.25, -0.2) is 22.8 Å². The Morgan fingerprint density at radius 3 is 2.60 bits per heavy atom. The van der Waals surface area contributed by atoms with Crippen LogP contribution in [0.1, 0.15) is 51.3 Å². The smallest absolute Gasteiger partial charge is 0.411 e. The van der Waals surface area contributed by atoms with Crippen LogP contribution in [0.5, 0.6) is 0 Å². The molecule has 1 fully saturated rings. The fraction of sp³-hybridized carbons (Fsp3) is 0.325. The molecule has 2 aliphatic heterocycles. The van der Waals surface area contributed by atoms with E-state index in [4.69, 9.17) is 41.8 Å². The highest BCUT2D eigenvalue weighted by atomic mass is 35.5. The first kappa shape index (κ1) is 42.6. The standard InChI is InChI=1S/C40H39Cl2N3O11S2/c1-5-14-54-40(50)45-22(2)57-21-32(45)39(49)56-23(3)55-38(48)31(17-24-7-6-8-28(16-24)58(4,51)52)43-36(46)34-30(41)18-27-20-44(13-11-29(27)35(34)42)37(47)26-10-9-25-12-15-53-33(25)19-26/h5-10,12,15-16,18-19,22-23,31-32H,1,11,13-14,17,20-21H2,2-4H3,(H,43,46). The van der Waals surface area contributed by atoms with Crippen molar-refractivity contribution in [1.82, 2.24) is 15.1 Å². The van der Waals surface area contributed by atoms with Crippen LogP contribution in [0.4, 0.5) is 4.79 Å². The Morgan fingerprint density at radius 1 is 1.09 bits per heavy atom. The summed E-state index contributed by atoms with van der Waals surface area (Å²) in [6.45, 7) is 6.94. The number of carbonyl (C=O) groups is 5. The second-order valence-corrected chi connectivity index (χ2v) is 17.8. The molecule has 4 aromatic rings. The van der Waals surface area contributed by atoms with Crippen molar-refractivity contribution in [3.63, 3.8) is 0 Å². The van der Waals surface area contributed by atoms with Gasteiger partial charge in [0.15, 0.2) is 9.84 Å². The lowest BCUT2D eigenvalue weighted by atomic mass is 9.95. The summed E-state index contributed by atoms with van der Waals surface area (Å²) in [6.07, 6.45) is 1.82. The van der Waals surface area contributed by atoms with E-state index >= 15 is 0 Å². The predicted molar refractivity (Wildman–Crippen MR) is 216 cm³/mol. The van der Waals surface area contributed by atoms with Crippen LogP contribution in [-0.2, 0) is 53.0 Å². The molecule has 3 heterocycles. The highest BCUT2D eigenvalue weighted by Gasteiger charge is 2.42. The average molecular weight is 873 g/mol. The summed E-state index contributed by atoms with van der Waals surface area (Å²) in [7, 11) is -3.63. The Kier molecular flexibility index (Phi) is 13.1. The van der Waals surface area contributed by atoms with Gasteiger partial charge in [0.05, 0.1) is 32.1 Å². The van der Waals surface area contributed by atoms with Crippen LogP contribution in [-0.4, -0.2) is 97.0 Å². The maximum Gasteiger partial charge on any atom is 0.411 e. The van der Waals surface area contributed by atoms with Crippen molar-refractivity contribution >= 4 is 85.6 Å². The second-order valence-electron chi connectivity index (χ2n) is 13.6. The maximum atomic E-state index is 14.0. The number of nitrogens with one attached hydrogen (secondary N) is 1. The summed E-state index contributed by atoms with van der Waals surface area (Å²) in [5.41, 5.74) is 2.50. The molecular formula is C40H39Cl2N3O11S2. The zero-order valence-electron chi connectivity index (χ0n) is 31.6. The number of halogens is 2. The molecule has 1 saturated heterocycles. The Morgan fingerprint density at radius 2 is 1.86 bits per heavy atom. The Balaban J connectivity index is 1.19. The Labute approximate surface area is 348 Å². The summed E-state index contributed by atoms with van der Waals surface area (Å²) in [4.78, 5) is 69.9. The van der Waals surface area contributed by atoms with Crippen LogP contribution >= 0.6 is 35.0 Å². The van der Waals surface area contributed by atoms with E-state index in [1.54, 1.807) is 54.5 Å². The highest BCUT2D eigenvalue weighted by molar-refractivity contribution is 8.00. The largest absolute Gasteiger partial charge is 0.464 e. The number of hydrogen-bond donors (Lipinski definition) is 1. The first-order valence-corrected chi connectivity index (χ1v) is 21.7. The van der Waals surface area contributed by atoms with Gasteiger partial charge in [-0.3, -0.25) is 14.5 Å². The molecular weight excluding hydrogens is 833 g/mol. The minimum Gasteiger partial charge on any atom is -0.464 e. The Bertz CT molecular complexity index is 2400. The number of rotatable bonds is 12. The molecule has 14 nitrogen and oxygen atoms in total. The average Bonchev–Trinajstić information content (AvgIpc) is 3.82. The molecule has 58 heavy (non-hydrogen) atoms. The van der Waals surface area contributed by atoms with Crippen molar-refractivity contribution in [2.45, 2.75) is 61.9 Å². The third kappa shape index (κ3) is 9.46. The third-order valence-electron chi connectivity index (χ3n) is 9.57. The van der Waals surface area contributed by atoms with Crippen LogP contribution in [0.25, 0.3) is 11.0 Å². The van der Waals surface area contributed by atoms with E-state index < -0.39 is 57.5 Å². The first-order chi connectivity index (χ1) is 27.5. The van der Waals surface area contributed by atoms with Gasteiger partial charge in [0.1, 0.15) is 24.3 Å². The highest BCUT2D eigenvalue weighted by Crippen LogP contribution is 2.36. The maximum absolute atomic E-state index is 14.0. The van der Waals surface area contributed by atoms with Crippen molar-refractivity contribution in [2.75, 3.05) is 25.2 Å². The van der Waals surface area contributed by atoms with Crippen LogP contribution in [0.2, 0.25) is 10.0 Å². The van der Waals surface area contributed by atoms with Crippen molar-refractivity contribution < 1.29 is 51.0 Å². The number of thioether (sulfide) groups is 1. The van der Waals surface area contributed by atoms with E-state index in [0.29, 0.717) is 40.8 Å². The summed E-state index contributed by atoms with van der Waals surface area (Å²) in [6, 6.07) is 11.9. The molecule has 2 aliphatic rings. The van der Waals surface area contributed by atoms with Gasteiger partial charge in [-0.15, -0.1) is 11.8 Å². The molecule has 4 unspecified atom stereocenters. The molecule has 0 bridgehead atoms. The van der Waals surface area contributed by atoms with Gasteiger partial charge in [-0.2, -0.15) is 0 Å². The van der Waals surface area contributed by atoms with Crippen LogP contribution in [0.15, 0.2) is 82.8 Å². The summed E-state index contributed by atoms with van der Waals surface area (Å²) in [5.74, 6) is -2.72. The van der Waals surface area contributed by atoms with Gasteiger partial charge in [0.2, 0.25) is 6.29 Å². The zero-order chi connectivity index (χ0) is 41.9. The monoisotopic (exact) mass is 871 g/mol. The van der Waals surface area contributed by atoms with E-state index in [-0.39, 0.29) is 51.7 Å². The van der Waals surface area contributed by atoms with Crippen LogP contribution in [0, 0.1) is 0 Å². The lowest BCUT2D eigenvalue weighted by Crippen LogP contribution is -2.47. The molecule has 1 aromatic heterocycles. The van der Waals surface area contributed by atoms with E-state index in [0.717, 1.165) is 11.6 Å². The molecule has 0 radical (unpaired) electrons. The van der Waals surface area contributed by atoms with E-state index in [9.17, 15) is 32.4 Å². The number of carbonyl (C=O) groups excluding carboxylic acids is 5. The number of sulfone groups is 1. The van der Waals surface area contributed by atoms with Gasteiger partial charge in [0, 0.05) is 49.4 Å². The normalized spacial score (nSPS) is 17.5. The molecule has 1 N–H and O–H groups in total. The van der Waals surface area contributed by atoms with Gasteiger partial charge in [-0.1, -0.05) is 54.1 Å². The molecule has 306 valence electrons. The number of amides is 3. The fourth-order valence-electron chi connectivity index (χ4n) is 6.68. The molecule has 0 spiro atoms. The fourth-order valence-corrected chi connectivity index (χ4v) is 9.29. The molecule has 4 atom stereocenters. The molecule has 3 amide bonds. The van der Waals surface area contributed by atoms with Crippen molar-refractivity contribution in [1.29, 1.82) is 0 Å². The number of esters is 2. The lowest BCUT2D eigenvalue weighted by Gasteiger charge is -2.30. The first-order valence-electron chi connectivity index (χ1n) is 18.0. The van der Waals surface area contributed by atoms with E-state index in [1.165, 1.54) is 47.9 Å². The van der Waals surface area contributed by atoms with Crippen molar-refractivity contribution in [3.05, 3.63) is 111 Å². The SMILES string of the molecule is C=CCOC(=O)N1C(C)SCC1C(=O)OC(C)OC(=O)C(Cc1cccc(S(C)(=O)=O)c1)NC(=O)c1c(Cl)cc2c(c1Cl)CCN(C(=O)c1ccc3ccoc3c1)C2. The third-order valence-corrected chi connectivity index (χ3v) is 12.6. The zero-order valence-corrected chi connectivity index (χ0v) is 34.7. The number of benzene rings is 3. The minimum atomic E-state index is -3.63. The lowest BCUT2D eigenvalue weighted by molar-refractivity contribution is -0.188. The van der Waals surface area contributed by atoms with Gasteiger partial charge in [-0.05, 0) is 66.4 Å². The number of furan rings is 1. The number of ether oxygens (including phenoxy) is 3. The summed E-state index contributed by atoms with van der Waals surface area (Å²) in [5, 5.41) is 3.09. The minimum absolute atomic E-state index is 0.0135. The topological polar surface area (TPSA) is 179 Å². The number of hydrogen-bond acceptors (Lipinski definition) is 12. The summed E-state index contributed by atoms with van der Waals surface area (Å²) >= 11 is 14.9. The van der Waals surface area contributed by atoms with Crippen LogP contribution in [0.3, 0.4) is 0 Å².